The van der Waals surface area contributed by atoms with E-state index in [-0.39, 0.29) is 11.0 Å². The minimum Gasteiger partial charge on any atom is -0.291 e. The van der Waals surface area contributed by atoms with E-state index in [1.807, 2.05) is 12.1 Å². The number of hydrogen-bond donors (Lipinski definition) is 0. The number of thioether (sulfide) groups is 1. The molecule has 0 aliphatic carbocycles. The molecule has 3 nitrogen and oxygen atoms in total. The summed E-state index contributed by atoms with van der Waals surface area (Å²) in [5.74, 6) is 0.793. The van der Waals surface area contributed by atoms with Crippen molar-refractivity contribution in [1.29, 1.82) is 0 Å². The maximum atomic E-state index is 12.1. The summed E-state index contributed by atoms with van der Waals surface area (Å²) in [6.07, 6.45) is 0. The summed E-state index contributed by atoms with van der Waals surface area (Å²) >= 11 is 5.02. The third-order valence-corrected chi connectivity index (χ3v) is 4.77. The minimum atomic E-state index is -0.125. The number of rotatable bonds is 3. The van der Waals surface area contributed by atoms with E-state index in [0.29, 0.717) is 0 Å². The molecule has 0 saturated heterocycles. The molecule has 1 aromatic heterocycles. The highest BCUT2D eigenvalue weighted by atomic mass is 79.9. The zero-order valence-corrected chi connectivity index (χ0v) is 15.1. The Bertz CT molecular complexity index is 687. The van der Waals surface area contributed by atoms with Crippen LogP contribution in [0.2, 0.25) is 0 Å². The van der Waals surface area contributed by atoms with Crippen LogP contribution in [-0.2, 0) is 18.2 Å². The predicted octanol–water partition coefficient (Wildman–Crippen LogP) is 4.13. The second-order valence-electron chi connectivity index (χ2n) is 5.99. The number of nitrogens with zero attached hydrogens (tertiary/aromatic N) is 2. The molecule has 2 rings (SSSR count). The van der Waals surface area contributed by atoms with Crippen LogP contribution in [0.3, 0.4) is 0 Å². The molecule has 1 heterocycles. The molecule has 5 heteroatoms. The first-order valence-electron chi connectivity index (χ1n) is 6.73. The number of benzene rings is 1. The molecule has 0 bridgehead atoms. The third kappa shape index (κ3) is 4.20. The van der Waals surface area contributed by atoms with Crippen LogP contribution >= 0.6 is 27.7 Å². The van der Waals surface area contributed by atoms with Gasteiger partial charge in [-0.2, -0.15) is 0 Å². The van der Waals surface area contributed by atoms with Gasteiger partial charge in [0.1, 0.15) is 0 Å². The van der Waals surface area contributed by atoms with Crippen molar-refractivity contribution < 1.29 is 0 Å². The molecule has 0 unspecified atom stereocenters. The molecular formula is C16H19BrN2OS. The molecule has 112 valence electrons. The van der Waals surface area contributed by atoms with E-state index in [4.69, 9.17) is 0 Å². The van der Waals surface area contributed by atoms with Crippen molar-refractivity contribution in [2.75, 3.05) is 0 Å². The van der Waals surface area contributed by atoms with Gasteiger partial charge in [-0.25, -0.2) is 4.98 Å². The average molecular weight is 367 g/mol. The molecule has 21 heavy (non-hydrogen) atoms. The van der Waals surface area contributed by atoms with Crippen molar-refractivity contribution in [3.63, 3.8) is 0 Å². The molecule has 1 aromatic carbocycles. The molecular weight excluding hydrogens is 348 g/mol. The van der Waals surface area contributed by atoms with E-state index in [1.165, 1.54) is 5.56 Å². The Morgan fingerprint density at radius 1 is 1.24 bits per heavy atom. The Labute approximate surface area is 137 Å². The lowest BCUT2D eigenvalue weighted by Crippen LogP contribution is -2.25. The fraction of sp³-hybridized carbons (Fsp3) is 0.375. The van der Waals surface area contributed by atoms with Gasteiger partial charge in [-0.05, 0) is 17.7 Å². The van der Waals surface area contributed by atoms with Crippen LogP contribution in [-0.4, -0.2) is 9.55 Å². The molecule has 0 aliphatic rings. The Morgan fingerprint density at radius 3 is 2.43 bits per heavy atom. The van der Waals surface area contributed by atoms with E-state index >= 15 is 0 Å². The predicted molar refractivity (Wildman–Crippen MR) is 91.9 cm³/mol. The SMILES string of the molecule is Cn1c(SCc2ccc(Br)cc2)nc(C(C)(C)C)cc1=O. The molecule has 0 aliphatic heterocycles. The summed E-state index contributed by atoms with van der Waals surface area (Å²) in [5, 5.41) is 0.760. The van der Waals surface area contributed by atoms with Crippen molar-refractivity contribution in [2.45, 2.75) is 37.1 Å². The summed E-state index contributed by atoms with van der Waals surface area (Å²) in [6.45, 7) is 6.20. The van der Waals surface area contributed by atoms with Crippen LogP contribution in [0.5, 0.6) is 0 Å². The van der Waals surface area contributed by atoms with Crippen molar-refractivity contribution >= 4 is 27.7 Å². The second kappa shape index (κ2) is 6.36. The first-order chi connectivity index (χ1) is 9.77. The standard InChI is InChI=1S/C16H19BrN2OS/c1-16(2,3)13-9-14(20)19(4)15(18-13)21-10-11-5-7-12(17)8-6-11/h5-9H,10H2,1-4H3. The maximum Gasteiger partial charge on any atom is 0.254 e. The highest BCUT2D eigenvalue weighted by molar-refractivity contribution is 9.10. The third-order valence-electron chi connectivity index (χ3n) is 3.14. The Kier molecular flexibility index (Phi) is 4.94. The quantitative estimate of drug-likeness (QED) is 0.604. The van der Waals surface area contributed by atoms with Crippen molar-refractivity contribution in [1.82, 2.24) is 9.55 Å². The van der Waals surface area contributed by atoms with Gasteiger partial charge in [0.2, 0.25) is 0 Å². The van der Waals surface area contributed by atoms with Gasteiger partial charge in [-0.1, -0.05) is 60.6 Å². The van der Waals surface area contributed by atoms with Crippen molar-refractivity contribution in [2.24, 2.45) is 7.05 Å². The fourth-order valence-electron chi connectivity index (χ4n) is 1.76. The summed E-state index contributed by atoms with van der Waals surface area (Å²) in [7, 11) is 1.77. The Hall–Kier alpha value is -1.07. The average Bonchev–Trinajstić information content (AvgIpc) is 2.41. The Balaban J connectivity index is 2.25. The lowest BCUT2D eigenvalue weighted by molar-refractivity contribution is 0.542. The van der Waals surface area contributed by atoms with E-state index < -0.39 is 0 Å². The normalized spacial score (nSPS) is 11.7. The molecule has 0 spiro atoms. The molecule has 0 atom stereocenters. The van der Waals surface area contributed by atoms with Gasteiger partial charge in [-0.15, -0.1) is 0 Å². The fourth-order valence-corrected chi connectivity index (χ4v) is 2.96. The second-order valence-corrected chi connectivity index (χ2v) is 7.84. The maximum absolute atomic E-state index is 12.1. The van der Waals surface area contributed by atoms with Gasteiger partial charge in [0, 0.05) is 28.8 Å². The number of aromatic nitrogens is 2. The van der Waals surface area contributed by atoms with Gasteiger partial charge in [0.05, 0.1) is 5.69 Å². The number of halogens is 1. The van der Waals surface area contributed by atoms with Crippen LogP contribution in [0.25, 0.3) is 0 Å². The molecule has 0 radical (unpaired) electrons. The summed E-state index contributed by atoms with van der Waals surface area (Å²) in [5.41, 5.74) is 1.91. The van der Waals surface area contributed by atoms with E-state index in [2.05, 4.69) is 53.8 Å². The first-order valence-corrected chi connectivity index (χ1v) is 8.51. The molecule has 0 amide bonds. The van der Waals surface area contributed by atoms with Gasteiger partial charge in [0.15, 0.2) is 5.16 Å². The summed E-state index contributed by atoms with van der Waals surface area (Å²) in [6, 6.07) is 9.82. The number of hydrogen-bond acceptors (Lipinski definition) is 3. The lowest BCUT2D eigenvalue weighted by Gasteiger charge is -2.19. The largest absolute Gasteiger partial charge is 0.291 e. The molecule has 2 aromatic rings. The van der Waals surface area contributed by atoms with Gasteiger partial charge in [0.25, 0.3) is 5.56 Å². The molecule has 0 fully saturated rings. The highest BCUT2D eigenvalue weighted by Crippen LogP contribution is 2.24. The highest BCUT2D eigenvalue weighted by Gasteiger charge is 2.18. The molecule has 0 saturated carbocycles. The summed E-state index contributed by atoms with van der Waals surface area (Å²) < 4.78 is 2.68. The van der Waals surface area contributed by atoms with Crippen LogP contribution in [0, 0.1) is 0 Å². The van der Waals surface area contributed by atoms with Crippen molar-refractivity contribution in [3.05, 3.63) is 56.4 Å². The van der Waals surface area contributed by atoms with Crippen LogP contribution in [0.15, 0.2) is 44.8 Å². The summed E-state index contributed by atoms with van der Waals surface area (Å²) in [4.78, 5) is 16.7. The zero-order chi connectivity index (χ0) is 15.6. The topological polar surface area (TPSA) is 34.9 Å². The van der Waals surface area contributed by atoms with Crippen molar-refractivity contribution in [3.8, 4) is 0 Å². The molecule has 0 N–H and O–H groups in total. The van der Waals surface area contributed by atoms with Gasteiger partial charge in [-0.3, -0.25) is 9.36 Å². The van der Waals surface area contributed by atoms with E-state index in [9.17, 15) is 4.79 Å². The first kappa shape index (κ1) is 16.3. The lowest BCUT2D eigenvalue weighted by atomic mass is 9.92. The van der Waals surface area contributed by atoms with Gasteiger partial charge < -0.3 is 0 Å². The van der Waals surface area contributed by atoms with Gasteiger partial charge >= 0.3 is 0 Å². The van der Waals surface area contributed by atoms with Crippen LogP contribution in [0.1, 0.15) is 32.0 Å². The monoisotopic (exact) mass is 366 g/mol. The van der Waals surface area contributed by atoms with E-state index in [1.54, 1.807) is 29.4 Å². The Morgan fingerprint density at radius 2 is 1.86 bits per heavy atom. The van der Waals surface area contributed by atoms with E-state index in [0.717, 1.165) is 21.1 Å². The smallest absolute Gasteiger partial charge is 0.254 e. The zero-order valence-electron chi connectivity index (χ0n) is 12.7. The van der Waals surface area contributed by atoms with Crippen LogP contribution in [0.4, 0.5) is 0 Å². The minimum absolute atomic E-state index is 0.00627. The van der Waals surface area contributed by atoms with Crippen LogP contribution < -0.4 is 5.56 Å².